The summed E-state index contributed by atoms with van der Waals surface area (Å²) in [6.45, 7) is -0.487. The standard InChI is InChI=1S/C13H14N4O4S/c18-10(16-12(20)14-8-1-2-8)7-21-11(19)5-9-6-17-3-4-22-13(17)15-9/h3-4,6,8H,1-2,5,7H2,(H2,14,16,18,20). The lowest BCUT2D eigenvalue weighted by molar-refractivity contribution is -0.147. The summed E-state index contributed by atoms with van der Waals surface area (Å²) in [7, 11) is 0. The van der Waals surface area contributed by atoms with E-state index in [1.807, 2.05) is 16.0 Å². The molecule has 9 heteroatoms. The van der Waals surface area contributed by atoms with Crippen LogP contribution in [0.2, 0.25) is 0 Å². The van der Waals surface area contributed by atoms with E-state index in [9.17, 15) is 14.4 Å². The lowest BCUT2D eigenvalue weighted by Crippen LogP contribution is -2.42. The molecule has 0 unspecified atom stereocenters. The van der Waals surface area contributed by atoms with Crippen LogP contribution in [0.5, 0.6) is 0 Å². The minimum absolute atomic E-state index is 0.0179. The number of imide groups is 1. The van der Waals surface area contributed by atoms with E-state index < -0.39 is 24.5 Å². The maximum absolute atomic E-state index is 11.6. The van der Waals surface area contributed by atoms with Gasteiger partial charge in [0, 0.05) is 23.8 Å². The van der Waals surface area contributed by atoms with E-state index >= 15 is 0 Å². The molecule has 1 fully saturated rings. The van der Waals surface area contributed by atoms with Gasteiger partial charge in [0.05, 0.1) is 12.1 Å². The van der Waals surface area contributed by atoms with Gasteiger partial charge >= 0.3 is 12.0 Å². The first-order chi connectivity index (χ1) is 10.6. The molecule has 3 amide bonds. The van der Waals surface area contributed by atoms with Crippen LogP contribution in [0.1, 0.15) is 18.5 Å². The van der Waals surface area contributed by atoms with Gasteiger partial charge in [-0.05, 0) is 12.8 Å². The molecular formula is C13H14N4O4S. The molecular weight excluding hydrogens is 308 g/mol. The number of hydrogen-bond donors (Lipinski definition) is 2. The molecule has 0 aromatic carbocycles. The van der Waals surface area contributed by atoms with E-state index in [1.54, 1.807) is 6.20 Å². The second-order valence-corrected chi connectivity index (χ2v) is 5.83. The summed E-state index contributed by atoms with van der Waals surface area (Å²) in [5, 5.41) is 6.60. The summed E-state index contributed by atoms with van der Waals surface area (Å²) >= 11 is 1.46. The molecule has 1 aliphatic carbocycles. The Morgan fingerprint density at radius 3 is 2.95 bits per heavy atom. The third kappa shape index (κ3) is 3.82. The van der Waals surface area contributed by atoms with Crippen molar-refractivity contribution >= 4 is 34.2 Å². The summed E-state index contributed by atoms with van der Waals surface area (Å²) < 4.78 is 6.63. The number of nitrogens with zero attached hydrogens (tertiary/aromatic N) is 2. The number of nitrogens with one attached hydrogen (secondary N) is 2. The number of fused-ring (bicyclic) bond motifs is 1. The van der Waals surface area contributed by atoms with Gasteiger partial charge in [0.25, 0.3) is 5.91 Å². The van der Waals surface area contributed by atoms with Gasteiger partial charge in [0.1, 0.15) is 0 Å². The Kier molecular flexibility index (Phi) is 4.05. The largest absolute Gasteiger partial charge is 0.455 e. The highest BCUT2D eigenvalue weighted by Gasteiger charge is 2.24. The fourth-order valence-electron chi connectivity index (χ4n) is 1.82. The SMILES string of the molecule is O=C(COC(=O)Cc1cn2ccsc2n1)NC(=O)NC1CC1. The van der Waals surface area contributed by atoms with Crippen molar-refractivity contribution in [2.45, 2.75) is 25.3 Å². The molecule has 0 radical (unpaired) electrons. The van der Waals surface area contributed by atoms with E-state index in [1.165, 1.54) is 11.3 Å². The third-order valence-electron chi connectivity index (χ3n) is 3.00. The number of carbonyl (C=O) groups excluding carboxylic acids is 3. The van der Waals surface area contributed by atoms with E-state index in [4.69, 9.17) is 4.74 Å². The molecule has 2 heterocycles. The normalized spacial score (nSPS) is 13.8. The molecule has 1 saturated carbocycles. The van der Waals surface area contributed by atoms with Crippen molar-refractivity contribution in [3.8, 4) is 0 Å². The second kappa shape index (κ2) is 6.14. The van der Waals surface area contributed by atoms with Crippen molar-refractivity contribution in [1.82, 2.24) is 20.0 Å². The van der Waals surface area contributed by atoms with Crippen LogP contribution in [0.4, 0.5) is 4.79 Å². The zero-order valence-corrected chi connectivity index (χ0v) is 12.4. The summed E-state index contributed by atoms with van der Waals surface area (Å²) in [6, 6.07) is -0.400. The average Bonchev–Trinajstić information content (AvgIpc) is 3.01. The number of urea groups is 1. The number of hydrogen-bond acceptors (Lipinski definition) is 6. The Morgan fingerprint density at radius 2 is 2.23 bits per heavy atom. The van der Waals surface area contributed by atoms with Gasteiger partial charge in [-0.2, -0.15) is 0 Å². The molecule has 0 atom stereocenters. The van der Waals surface area contributed by atoms with Crippen molar-refractivity contribution in [2.75, 3.05) is 6.61 Å². The Morgan fingerprint density at radius 1 is 1.41 bits per heavy atom. The summed E-state index contributed by atoms with van der Waals surface area (Å²) in [4.78, 5) is 39.4. The van der Waals surface area contributed by atoms with Crippen LogP contribution in [-0.2, 0) is 20.7 Å². The van der Waals surface area contributed by atoms with Gasteiger partial charge in [-0.15, -0.1) is 11.3 Å². The van der Waals surface area contributed by atoms with Crippen LogP contribution in [0.3, 0.4) is 0 Å². The Hall–Kier alpha value is -2.42. The molecule has 0 saturated heterocycles. The lowest BCUT2D eigenvalue weighted by Gasteiger charge is -2.06. The topological polar surface area (TPSA) is 102 Å². The first-order valence-electron chi connectivity index (χ1n) is 6.77. The number of amides is 3. The molecule has 116 valence electrons. The molecule has 0 bridgehead atoms. The lowest BCUT2D eigenvalue weighted by atomic mass is 10.3. The highest BCUT2D eigenvalue weighted by molar-refractivity contribution is 7.15. The van der Waals surface area contributed by atoms with E-state index in [0.29, 0.717) is 5.69 Å². The van der Waals surface area contributed by atoms with Crippen molar-refractivity contribution in [3.63, 3.8) is 0 Å². The molecule has 8 nitrogen and oxygen atoms in total. The molecule has 2 aromatic heterocycles. The smallest absolute Gasteiger partial charge is 0.321 e. The van der Waals surface area contributed by atoms with Crippen LogP contribution in [0.25, 0.3) is 4.96 Å². The molecule has 2 N–H and O–H groups in total. The Balaban J connectivity index is 1.40. The van der Waals surface area contributed by atoms with Crippen molar-refractivity contribution in [2.24, 2.45) is 0 Å². The average molecular weight is 322 g/mol. The number of ether oxygens (including phenoxy) is 1. The van der Waals surface area contributed by atoms with Gasteiger partial charge < -0.3 is 10.1 Å². The summed E-state index contributed by atoms with van der Waals surface area (Å²) in [5.41, 5.74) is 0.573. The maximum Gasteiger partial charge on any atom is 0.321 e. The monoisotopic (exact) mass is 322 g/mol. The first kappa shape index (κ1) is 14.5. The summed E-state index contributed by atoms with van der Waals surface area (Å²) in [6.07, 6.45) is 5.41. The van der Waals surface area contributed by atoms with Crippen LogP contribution in [0.15, 0.2) is 17.8 Å². The van der Waals surface area contributed by atoms with Crippen LogP contribution < -0.4 is 10.6 Å². The predicted molar refractivity (Wildman–Crippen MR) is 77.4 cm³/mol. The Labute approximate surface area is 129 Å². The fraction of sp³-hybridized carbons (Fsp3) is 0.385. The maximum atomic E-state index is 11.6. The fourth-order valence-corrected chi connectivity index (χ4v) is 2.54. The van der Waals surface area contributed by atoms with Gasteiger partial charge in [-0.25, -0.2) is 9.78 Å². The van der Waals surface area contributed by atoms with E-state index in [-0.39, 0.29) is 12.5 Å². The van der Waals surface area contributed by atoms with Gasteiger partial charge in [0.15, 0.2) is 11.6 Å². The van der Waals surface area contributed by atoms with Crippen molar-refractivity contribution in [3.05, 3.63) is 23.5 Å². The number of rotatable bonds is 5. The molecule has 0 spiro atoms. The first-order valence-corrected chi connectivity index (χ1v) is 7.65. The second-order valence-electron chi connectivity index (χ2n) is 4.96. The minimum atomic E-state index is -0.655. The van der Waals surface area contributed by atoms with E-state index in [2.05, 4.69) is 15.6 Å². The highest BCUT2D eigenvalue weighted by atomic mass is 32.1. The summed E-state index contributed by atoms with van der Waals surface area (Å²) in [5.74, 6) is -1.22. The minimum Gasteiger partial charge on any atom is -0.455 e. The number of carbonyl (C=O) groups is 3. The number of aromatic nitrogens is 2. The third-order valence-corrected chi connectivity index (χ3v) is 3.77. The molecule has 22 heavy (non-hydrogen) atoms. The zero-order chi connectivity index (χ0) is 15.5. The van der Waals surface area contributed by atoms with Gasteiger partial charge in [-0.1, -0.05) is 0 Å². The number of thiazole rings is 1. The predicted octanol–water partition coefficient (Wildman–Crippen LogP) is 0.470. The Bertz CT molecular complexity index is 690. The molecule has 2 aromatic rings. The van der Waals surface area contributed by atoms with Gasteiger partial charge in [-0.3, -0.25) is 19.3 Å². The highest BCUT2D eigenvalue weighted by Crippen LogP contribution is 2.18. The van der Waals surface area contributed by atoms with Crippen LogP contribution in [0, 0.1) is 0 Å². The van der Waals surface area contributed by atoms with Crippen LogP contribution in [-0.4, -0.2) is 39.9 Å². The van der Waals surface area contributed by atoms with Gasteiger partial charge in [0.2, 0.25) is 0 Å². The van der Waals surface area contributed by atoms with Crippen molar-refractivity contribution in [1.29, 1.82) is 0 Å². The zero-order valence-electron chi connectivity index (χ0n) is 11.6. The van der Waals surface area contributed by atoms with Crippen LogP contribution >= 0.6 is 11.3 Å². The molecule has 0 aliphatic heterocycles. The quantitative estimate of drug-likeness (QED) is 0.779. The van der Waals surface area contributed by atoms with E-state index in [0.717, 1.165) is 17.8 Å². The number of esters is 1. The van der Waals surface area contributed by atoms with Crippen molar-refractivity contribution < 1.29 is 19.1 Å². The molecule has 1 aliphatic rings. The number of imidazole rings is 1. The molecule has 3 rings (SSSR count).